The lowest BCUT2D eigenvalue weighted by Gasteiger charge is -2.14. The normalized spacial score (nSPS) is 19.6. The minimum absolute atomic E-state index is 0.0581. The van der Waals surface area contributed by atoms with Gasteiger partial charge < -0.3 is 15.2 Å². The smallest absolute Gasteiger partial charge is 0.232 e. The molecule has 2 unspecified atom stereocenters. The van der Waals surface area contributed by atoms with E-state index in [1.54, 1.807) is 0 Å². The first-order chi connectivity index (χ1) is 8.58. The van der Waals surface area contributed by atoms with Gasteiger partial charge in [-0.1, -0.05) is 6.92 Å². The third-order valence-corrected chi connectivity index (χ3v) is 3.20. The SMILES string of the molecule is CCC1C(=O)Nc2c(C(O)COC)cc(F)cc21. The van der Waals surface area contributed by atoms with Gasteiger partial charge in [0.1, 0.15) is 11.9 Å². The summed E-state index contributed by atoms with van der Waals surface area (Å²) in [4.78, 5) is 11.8. The van der Waals surface area contributed by atoms with E-state index in [2.05, 4.69) is 5.32 Å². The molecule has 1 aliphatic rings. The molecular weight excluding hydrogens is 237 g/mol. The third-order valence-electron chi connectivity index (χ3n) is 3.20. The van der Waals surface area contributed by atoms with E-state index in [0.29, 0.717) is 23.2 Å². The van der Waals surface area contributed by atoms with Gasteiger partial charge in [0.25, 0.3) is 0 Å². The van der Waals surface area contributed by atoms with E-state index in [1.807, 2.05) is 6.92 Å². The van der Waals surface area contributed by atoms with Gasteiger partial charge in [-0.25, -0.2) is 4.39 Å². The molecule has 0 aliphatic carbocycles. The Bertz CT molecular complexity index is 476. The number of aliphatic hydroxyl groups is 1. The first-order valence-corrected chi connectivity index (χ1v) is 5.89. The molecule has 1 aromatic carbocycles. The average Bonchev–Trinajstić information content (AvgIpc) is 2.63. The van der Waals surface area contributed by atoms with Crippen molar-refractivity contribution in [2.24, 2.45) is 0 Å². The number of anilines is 1. The summed E-state index contributed by atoms with van der Waals surface area (Å²) in [7, 11) is 1.45. The van der Waals surface area contributed by atoms with E-state index < -0.39 is 11.9 Å². The first kappa shape index (κ1) is 13.0. The molecule has 0 radical (unpaired) electrons. The molecule has 18 heavy (non-hydrogen) atoms. The number of amides is 1. The molecule has 1 heterocycles. The minimum atomic E-state index is -0.949. The summed E-state index contributed by atoms with van der Waals surface area (Å²) in [5, 5.41) is 12.6. The highest BCUT2D eigenvalue weighted by Gasteiger charge is 2.32. The number of hydrogen-bond donors (Lipinski definition) is 2. The molecule has 98 valence electrons. The number of carbonyl (C=O) groups excluding carboxylic acids is 1. The maximum absolute atomic E-state index is 13.6. The van der Waals surface area contributed by atoms with Crippen LogP contribution in [0.1, 0.15) is 36.5 Å². The second-order valence-corrected chi connectivity index (χ2v) is 4.38. The van der Waals surface area contributed by atoms with Crippen LogP contribution in [0.15, 0.2) is 12.1 Å². The van der Waals surface area contributed by atoms with E-state index in [4.69, 9.17) is 4.74 Å². The fourth-order valence-electron chi connectivity index (χ4n) is 2.34. The molecule has 0 saturated heterocycles. The van der Waals surface area contributed by atoms with Gasteiger partial charge in [-0.2, -0.15) is 0 Å². The van der Waals surface area contributed by atoms with E-state index in [1.165, 1.54) is 19.2 Å². The highest BCUT2D eigenvalue weighted by Crippen LogP contribution is 2.39. The molecule has 5 heteroatoms. The van der Waals surface area contributed by atoms with Crippen LogP contribution >= 0.6 is 0 Å². The van der Waals surface area contributed by atoms with Crippen LogP contribution in [0, 0.1) is 5.82 Å². The quantitative estimate of drug-likeness (QED) is 0.862. The van der Waals surface area contributed by atoms with Crippen molar-refractivity contribution >= 4 is 11.6 Å². The van der Waals surface area contributed by atoms with Crippen molar-refractivity contribution in [2.75, 3.05) is 19.0 Å². The van der Waals surface area contributed by atoms with E-state index >= 15 is 0 Å². The Labute approximate surface area is 105 Å². The third kappa shape index (κ3) is 2.11. The van der Waals surface area contributed by atoms with Crippen molar-refractivity contribution in [3.05, 3.63) is 29.1 Å². The molecule has 1 amide bonds. The van der Waals surface area contributed by atoms with Gasteiger partial charge in [-0.15, -0.1) is 0 Å². The topological polar surface area (TPSA) is 58.6 Å². The molecule has 1 aromatic rings. The van der Waals surface area contributed by atoms with Crippen molar-refractivity contribution in [3.8, 4) is 0 Å². The van der Waals surface area contributed by atoms with Gasteiger partial charge in [0, 0.05) is 12.7 Å². The van der Waals surface area contributed by atoms with Gasteiger partial charge in [-0.05, 0) is 24.1 Å². The molecule has 4 nitrogen and oxygen atoms in total. The summed E-state index contributed by atoms with van der Waals surface area (Å²) in [6, 6.07) is 2.59. The number of nitrogens with one attached hydrogen (secondary N) is 1. The number of rotatable bonds is 4. The fourth-order valence-corrected chi connectivity index (χ4v) is 2.34. The van der Waals surface area contributed by atoms with E-state index in [0.717, 1.165) is 0 Å². The second kappa shape index (κ2) is 5.04. The van der Waals surface area contributed by atoms with Gasteiger partial charge in [0.05, 0.1) is 18.2 Å². The van der Waals surface area contributed by atoms with Crippen LogP contribution in [0.25, 0.3) is 0 Å². The zero-order chi connectivity index (χ0) is 13.3. The Morgan fingerprint density at radius 2 is 2.28 bits per heavy atom. The van der Waals surface area contributed by atoms with Gasteiger partial charge in [-0.3, -0.25) is 4.79 Å². The van der Waals surface area contributed by atoms with Crippen molar-refractivity contribution < 1.29 is 19.0 Å². The van der Waals surface area contributed by atoms with E-state index in [9.17, 15) is 14.3 Å². The Hall–Kier alpha value is -1.46. The van der Waals surface area contributed by atoms with Crippen LogP contribution in [0.2, 0.25) is 0 Å². The summed E-state index contributed by atoms with van der Waals surface area (Å²) >= 11 is 0. The number of halogens is 1. The molecule has 0 fully saturated rings. The number of fused-ring (bicyclic) bond motifs is 1. The average molecular weight is 253 g/mol. The highest BCUT2D eigenvalue weighted by atomic mass is 19.1. The largest absolute Gasteiger partial charge is 0.386 e. The first-order valence-electron chi connectivity index (χ1n) is 5.89. The predicted molar refractivity (Wildman–Crippen MR) is 64.9 cm³/mol. The Kier molecular flexibility index (Phi) is 3.63. The Balaban J connectivity index is 2.48. The van der Waals surface area contributed by atoms with Crippen LogP contribution in [0.3, 0.4) is 0 Å². The summed E-state index contributed by atoms with van der Waals surface area (Å²) in [6.07, 6.45) is -0.349. The molecule has 1 aliphatic heterocycles. The standard InChI is InChI=1S/C13H16FNO3/c1-3-8-9-4-7(14)5-10(11(16)6-18-2)12(9)15-13(8)17/h4-5,8,11,16H,3,6H2,1-2H3,(H,15,17). The van der Waals surface area contributed by atoms with Crippen molar-refractivity contribution in [3.63, 3.8) is 0 Å². The van der Waals surface area contributed by atoms with Crippen molar-refractivity contribution in [1.82, 2.24) is 0 Å². The van der Waals surface area contributed by atoms with Crippen LogP contribution in [0.5, 0.6) is 0 Å². The number of carbonyl (C=O) groups is 1. The highest BCUT2D eigenvalue weighted by molar-refractivity contribution is 6.03. The lowest BCUT2D eigenvalue weighted by molar-refractivity contribution is -0.117. The van der Waals surface area contributed by atoms with E-state index in [-0.39, 0.29) is 18.4 Å². The van der Waals surface area contributed by atoms with Gasteiger partial charge in [0.2, 0.25) is 5.91 Å². The number of ether oxygens (including phenoxy) is 1. The molecular formula is C13H16FNO3. The molecule has 2 atom stereocenters. The molecule has 2 rings (SSSR count). The lowest BCUT2D eigenvalue weighted by atomic mass is 9.95. The second-order valence-electron chi connectivity index (χ2n) is 4.38. The maximum atomic E-state index is 13.6. The summed E-state index contributed by atoms with van der Waals surface area (Å²) in [5.74, 6) is -0.943. The zero-order valence-electron chi connectivity index (χ0n) is 10.4. The summed E-state index contributed by atoms with van der Waals surface area (Å²) < 4.78 is 18.4. The van der Waals surface area contributed by atoms with Crippen molar-refractivity contribution in [2.45, 2.75) is 25.4 Å². The van der Waals surface area contributed by atoms with Crippen molar-refractivity contribution in [1.29, 1.82) is 0 Å². The Morgan fingerprint density at radius 1 is 1.56 bits per heavy atom. The lowest BCUT2D eigenvalue weighted by Crippen LogP contribution is -2.12. The number of hydrogen-bond acceptors (Lipinski definition) is 3. The number of methoxy groups -OCH3 is 1. The molecule has 0 saturated carbocycles. The summed E-state index contributed by atoms with van der Waals surface area (Å²) in [6.45, 7) is 1.93. The van der Waals surface area contributed by atoms with Crippen LogP contribution in [0.4, 0.5) is 10.1 Å². The minimum Gasteiger partial charge on any atom is -0.386 e. The summed E-state index contributed by atoms with van der Waals surface area (Å²) in [5.41, 5.74) is 1.52. The number of aliphatic hydroxyl groups excluding tert-OH is 1. The van der Waals surface area contributed by atoms with Crippen LogP contribution in [-0.4, -0.2) is 24.7 Å². The molecule has 2 N–H and O–H groups in total. The van der Waals surface area contributed by atoms with Crippen LogP contribution in [-0.2, 0) is 9.53 Å². The fraction of sp³-hybridized carbons (Fsp3) is 0.462. The molecule has 0 aromatic heterocycles. The molecule has 0 bridgehead atoms. The molecule has 0 spiro atoms. The zero-order valence-corrected chi connectivity index (χ0v) is 10.4. The predicted octanol–water partition coefficient (Wildman–Crippen LogP) is 1.95. The maximum Gasteiger partial charge on any atom is 0.232 e. The van der Waals surface area contributed by atoms with Gasteiger partial charge in [0.15, 0.2) is 0 Å². The Morgan fingerprint density at radius 3 is 2.89 bits per heavy atom. The number of benzene rings is 1. The van der Waals surface area contributed by atoms with Crippen LogP contribution < -0.4 is 5.32 Å². The van der Waals surface area contributed by atoms with Gasteiger partial charge >= 0.3 is 0 Å². The monoisotopic (exact) mass is 253 g/mol.